The molecule has 1 fully saturated rings. The molecule has 1 aliphatic rings. The molecule has 1 aromatic carbocycles. The lowest BCUT2D eigenvalue weighted by molar-refractivity contribution is 0.0565. The Labute approximate surface area is 158 Å². The van der Waals surface area contributed by atoms with E-state index in [2.05, 4.69) is 15.1 Å². The molecular formula is C20H14N4O4. The first kappa shape index (κ1) is 16.4. The van der Waals surface area contributed by atoms with Crippen LogP contribution in [-0.4, -0.2) is 39.0 Å². The Kier molecular flexibility index (Phi) is 3.75. The lowest BCUT2D eigenvalue weighted by Crippen LogP contribution is -2.49. The van der Waals surface area contributed by atoms with Crippen molar-refractivity contribution >= 4 is 16.9 Å². The number of carbonyl (C=O) groups excluding carboxylic acids is 1. The lowest BCUT2D eigenvalue weighted by Gasteiger charge is -2.36. The highest BCUT2D eigenvalue weighted by atomic mass is 16.5. The summed E-state index contributed by atoms with van der Waals surface area (Å²) in [6.45, 7) is 0.812. The van der Waals surface area contributed by atoms with Gasteiger partial charge in [0.2, 0.25) is 11.7 Å². The molecule has 0 bridgehead atoms. The van der Waals surface area contributed by atoms with Crippen molar-refractivity contribution in [3.8, 4) is 11.4 Å². The predicted octanol–water partition coefficient (Wildman–Crippen LogP) is 2.48. The van der Waals surface area contributed by atoms with E-state index in [1.807, 2.05) is 6.07 Å². The molecular weight excluding hydrogens is 360 g/mol. The molecule has 0 N–H and O–H groups in total. The second-order valence-corrected chi connectivity index (χ2v) is 6.58. The number of para-hydroxylation sites is 1. The molecule has 1 aliphatic heterocycles. The van der Waals surface area contributed by atoms with Crippen LogP contribution in [0.1, 0.15) is 22.2 Å². The molecule has 1 saturated heterocycles. The van der Waals surface area contributed by atoms with Gasteiger partial charge in [-0.1, -0.05) is 23.4 Å². The largest absolute Gasteiger partial charge is 0.422 e. The summed E-state index contributed by atoms with van der Waals surface area (Å²) < 4.78 is 10.6. The van der Waals surface area contributed by atoms with E-state index in [9.17, 15) is 9.59 Å². The van der Waals surface area contributed by atoms with Gasteiger partial charge >= 0.3 is 5.63 Å². The van der Waals surface area contributed by atoms with Gasteiger partial charge in [-0.05, 0) is 24.3 Å². The maximum Gasteiger partial charge on any atom is 0.349 e. The van der Waals surface area contributed by atoms with Gasteiger partial charge in [0.25, 0.3) is 5.91 Å². The number of fused-ring (bicyclic) bond motifs is 1. The fraction of sp³-hybridized carbons (Fsp3) is 0.150. The molecule has 0 radical (unpaired) electrons. The number of nitrogens with zero attached hydrogens (tertiary/aromatic N) is 4. The fourth-order valence-electron chi connectivity index (χ4n) is 3.20. The van der Waals surface area contributed by atoms with Gasteiger partial charge in [-0.25, -0.2) is 4.79 Å². The molecule has 0 spiro atoms. The average Bonchev–Trinajstić information content (AvgIpc) is 3.16. The molecule has 0 unspecified atom stereocenters. The summed E-state index contributed by atoms with van der Waals surface area (Å²) in [5.74, 6) is 0.544. The minimum Gasteiger partial charge on any atom is -0.422 e. The number of rotatable bonds is 3. The molecule has 4 heterocycles. The Hall–Kier alpha value is -3.81. The van der Waals surface area contributed by atoms with Crippen molar-refractivity contribution in [2.75, 3.05) is 13.1 Å². The summed E-state index contributed by atoms with van der Waals surface area (Å²) in [4.78, 5) is 34.8. The number of aromatic nitrogens is 3. The van der Waals surface area contributed by atoms with Gasteiger partial charge in [0.1, 0.15) is 11.1 Å². The quantitative estimate of drug-likeness (QED) is 0.508. The van der Waals surface area contributed by atoms with E-state index in [0.29, 0.717) is 35.8 Å². The highest BCUT2D eigenvalue weighted by Crippen LogP contribution is 2.28. The van der Waals surface area contributed by atoms with Crippen LogP contribution in [0, 0.1) is 0 Å². The van der Waals surface area contributed by atoms with Crippen molar-refractivity contribution in [1.82, 2.24) is 20.0 Å². The standard InChI is InChI=1S/C20H14N4O4/c25-19(15-9-13-3-1-2-4-16(13)27-20(15)26)24-10-14(11-24)18-22-17(23-28-18)12-5-7-21-8-6-12/h1-9,14H,10-11H2. The number of hydrogen-bond acceptors (Lipinski definition) is 7. The first-order valence-electron chi connectivity index (χ1n) is 8.75. The first-order valence-corrected chi connectivity index (χ1v) is 8.75. The zero-order valence-electron chi connectivity index (χ0n) is 14.6. The van der Waals surface area contributed by atoms with E-state index in [4.69, 9.17) is 8.94 Å². The molecule has 1 amide bonds. The number of amides is 1. The van der Waals surface area contributed by atoms with Crippen molar-refractivity contribution in [3.63, 3.8) is 0 Å². The molecule has 0 aliphatic carbocycles. The number of hydrogen-bond donors (Lipinski definition) is 0. The van der Waals surface area contributed by atoms with E-state index in [1.54, 1.807) is 53.7 Å². The van der Waals surface area contributed by atoms with Gasteiger partial charge in [-0.2, -0.15) is 4.98 Å². The Morgan fingerprint density at radius 3 is 2.71 bits per heavy atom. The predicted molar refractivity (Wildman–Crippen MR) is 98.7 cm³/mol. The number of likely N-dealkylation sites (tertiary alicyclic amines) is 1. The third kappa shape index (κ3) is 2.75. The summed E-state index contributed by atoms with van der Waals surface area (Å²) in [7, 11) is 0. The van der Waals surface area contributed by atoms with Crippen molar-refractivity contribution in [3.05, 3.63) is 76.7 Å². The Morgan fingerprint density at radius 1 is 1.11 bits per heavy atom. The van der Waals surface area contributed by atoms with E-state index in [1.165, 1.54) is 0 Å². The van der Waals surface area contributed by atoms with Crippen LogP contribution in [0.25, 0.3) is 22.4 Å². The second kappa shape index (κ2) is 6.41. The van der Waals surface area contributed by atoms with E-state index in [-0.39, 0.29) is 17.4 Å². The Balaban J connectivity index is 1.32. The summed E-state index contributed by atoms with van der Waals surface area (Å²) >= 11 is 0. The minimum absolute atomic E-state index is 0.0279. The SMILES string of the molecule is O=C(c1cc2ccccc2oc1=O)N1CC(c2nc(-c3ccncc3)no2)C1. The summed E-state index contributed by atoms with van der Waals surface area (Å²) in [5.41, 5.74) is 0.663. The van der Waals surface area contributed by atoms with Crippen LogP contribution >= 0.6 is 0 Å². The molecule has 5 rings (SSSR count). The molecule has 0 atom stereocenters. The van der Waals surface area contributed by atoms with Crippen molar-refractivity contribution in [1.29, 1.82) is 0 Å². The van der Waals surface area contributed by atoms with Gasteiger partial charge in [-0.3, -0.25) is 9.78 Å². The van der Waals surface area contributed by atoms with Crippen molar-refractivity contribution in [2.45, 2.75) is 5.92 Å². The maximum absolute atomic E-state index is 12.7. The number of benzene rings is 1. The first-order chi connectivity index (χ1) is 13.7. The van der Waals surface area contributed by atoms with Crippen LogP contribution in [0.5, 0.6) is 0 Å². The molecule has 8 nitrogen and oxygen atoms in total. The second-order valence-electron chi connectivity index (χ2n) is 6.58. The molecule has 4 aromatic rings. The van der Waals surface area contributed by atoms with Crippen LogP contribution in [0.4, 0.5) is 0 Å². The van der Waals surface area contributed by atoms with Gasteiger partial charge < -0.3 is 13.8 Å². The van der Waals surface area contributed by atoms with Gasteiger partial charge in [0, 0.05) is 36.4 Å². The number of carbonyl (C=O) groups is 1. The van der Waals surface area contributed by atoms with Crippen LogP contribution in [0.2, 0.25) is 0 Å². The van der Waals surface area contributed by atoms with Crippen molar-refractivity contribution < 1.29 is 13.7 Å². The third-order valence-electron chi connectivity index (χ3n) is 4.77. The molecule has 138 valence electrons. The summed E-state index contributed by atoms with van der Waals surface area (Å²) in [5, 5.41) is 4.69. The molecule has 8 heteroatoms. The Morgan fingerprint density at radius 2 is 1.89 bits per heavy atom. The maximum atomic E-state index is 12.7. The van der Waals surface area contributed by atoms with Crippen LogP contribution in [-0.2, 0) is 0 Å². The zero-order valence-corrected chi connectivity index (χ0v) is 14.6. The normalized spacial score (nSPS) is 14.2. The lowest BCUT2D eigenvalue weighted by atomic mass is 9.99. The van der Waals surface area contributed by atoms with Gasteiger partial charge in [-0.15, -0.1) is 0 Å². The van der Waals surface area contributed by atoms with E-state index >= 15 is 0 Å². The average molecular weight is 374 g/mol. The third-order valence-corrected chi connectivity index (χ3v) is 4.77. The molecule has 3 aromatic heterocycles. The van der Waals surface area contributed by atoms with Crippen LogP contribution in [0.3, 0.4) is 0 Å². The fourth-order valence-corrected chi connectivity index (χ4v) is 3.20. The summed E-state index contributed by atoms with van der Waals surface area (Å²) in [6.07, 6.45) is 3.31. The molecule has 0 saturated carbocycles. The Bertz CT molecular complexity index is 1230. The zero-order chi connectivity index (χ0) is 19.1. The number of pyridine rings is 1. The minimum atomic E-state index is -0.634. The summed E-state index contributed by atoms with van der Waals surface area (Å²) in [6, 6.07) is 12.3. The highest BCUT2D eigenvalue weighted by Gasteiger charge is 2.37. The van der Waals surface area contributed by atoms with Crippen LogP contribution in [0.15, 0.2) is 68.6 Å². The highest BCUT2D eigenvalue weighted by molar-refractivity contribution is 5.97. The van der Waals surface area contributed by atoms with Crippen LogP contribution < -0.4 is 5.63 Å². The van der Waals surface area contributed by atoms with Gasteiger partial charge in [0.05, 0.1) is 5.92 Å². The topological polar surface area (TPSA) is 102 Å². The van der Waals surface area contributed by atoms with Gasteiger partial charge in [0.15, 0.2) is 0 Å². The smallest absolute Gasteiger partial charge is 0.349 e. The monoisotopic (exact) mass is 374 g/mol. The van der Waals surface area contributed by atoms with E-state index in [0.717, 1.165) is 5.56 Å². The van der Waals surface area contributed by atoms with Crippen molar-refractivity contribution in [2.24, 2.45) is 0 Å². The molecule has 28 heavy (non-hydrogen) atoms. The van der Waals surface area contributed by atoms with E-state index < -0.39 is 5.63 Å².